The van der Waals surface area contributed by atoms with E-state index in [-0.39, 0.29) is 0 Å². The Morgan fingerprint density at radius 2 is 2.20 bits per heavy atom. The zero-order valence-electron chi connectivity index (χ0n) is 10.0. The molecule has 8 heteroatoms. The van der Waals surface area contributed by atoms with Crippen LogP contribution in [0.25, 0.3) is 5.69 Å². The first-order valence-corrected chi connectivity index (χ1v) is 8.14. The fraction of sp³-hybridized carbons (Fsp3) is 0.0833. The van der Waals surface area contributed by atoms with E-state index in [0.717, 1.165) is 16.5 Å². The van der Waals surface area contributed by atoms with Crippen LogP contribution in [0.4, 0.5) is 0 Å². The van der Waals surface area contributed by atoms with Crippen LogP contribution in [0.3, 0.4) is 0 Å². The molecule has 0 bridgehead atoms. The first-order chi connectivity index (χ1) is 9.74. The van der Waals surface area contributed by atoms with Gasteiger partial charge in [0, 0.05) is 40.4 Å². The first kappa shape index (κ1) is 13.9. The van der Waals surface area contributed by atoms with Crippen LogP contribution in [-0.4, -0.2) is 19.1 Å². The van der Waals surface area contributed by atoms with E-state index in [9.17, 15) is 0 Å². The Morgan fingerprint density at radius 3 is 2.95 bits per heavy atom. The lowest BCUT2D eigenvalue weighted by Crippen LogP contribution is -1.95. The van der Waals surface area contributed by atoms with Crippen molar-refractivity contribution in [3.63, 3.8) is 0 Å². The lowest BCUT2D eigenvalue weighted by Gasteiger charge is -2.07. The number of nitrogens with zero attached hydrogens (tertiary/aromatic N) is 4. The molecule has 0 saturated heterocycles. The molecule has 0 atom stereocenters. The minimum absolute atomic E-state index is 0.623. The monoisotopic (exact) mass is 342 g/mol. The predicted molar refractivity (Wildman–Crippen MR) is 83.1 cm³/mol. The van der Waals surface area contributed by atoms with Gasteiger partial charge in [0.1, 0.15) is 10.0 Å². The molecule has 0 N–H and O–H groups in total. The van der Waals surface area contributed by atoms with E-state index in [1.54, 1.807) is 18.0 Å². The second-order valence-electron chi connectivity index (χ2n) is 3.84. The molecule has 0 aliphatic carbocycles. The summed E-state index contributed by atoms with van der Waals surface area (Å²) in [6.45, 7) is 0. The van der Waals surface area contributed by atoms with E-state index in [2.05, 4.69) is 14.6 Å². The summed E-state index contributed by atoms with van der Waals surface area (Å²) in [4.78, 5) is 4.35. The van der Waals surface area contributed by atoms with Crippen molar-refractivity contribution in [2.75, 3.05) is 0 Å². The topological polar surface area (TPSA) is 43.6 Å². The predicted octanol–water partition coefficient (Wildman–Crippen LogP) is 4.32. The average molecular weight is 343 g/mol. The van der Waals surface area contributed by atoms with E-state index < -0.39 is 0 Å². The summed E-state index contributed by atoms with van der Waals surface area (Å²) in [5, 5.41) is 5.54. The van der Waals surface area contributed by atoms with Crippen LogP contribution < -0.4 is 0 Å². The number of halogens is 2. The number of rotatable bonds is 4. The summed E-state index contributed by atoms with van der Waals surface area (Å²) >= 11 is 14.8. The van der Waals surface area contributed by atoms with Gasteiger partial charge in [-0.1, -0.05) is 45.5 Å². The molecule has 0 saturated carbocycles. The highest BCUT2D eigenvalue weighted by Crippen LogP contribution is 2.28. The third-order valence-electron chi connectivity index (χ3n) is 2.54. The fourth-order valence-corrected chi connectivity index (χ4v) is 3.53. The molecule has 0 unspecified atom stereocenters. The fourth-order valence-electron chi connectivity index (χ4n) is 1.64. The van der Waals surface area contributed by atoms with Gasteiger partial charge in [-0.3, -0.25) is 4.57 Å². The van der Waals surface area contributed by atoms with Gasteiger partial charge < -0.3 is 0 Å². The lowest BCUT2D eigenvalue weighted by atomic mass is 10.3. The molecule has 3 rings (SSSR count). The Labute approximate surface area is 133 Å². The molecule has 0 amide bonds. The molecule has 3 aromatic rings. The summed E-state index contributed by atoms with van der Waals surface area (Å²) in [5.74, 6) is 0.632. The van der Waals surface area contributed by atoms with Crippen molar-refractivity contribution in [2.24, 2.45) is 0 Å². The Hall–Kier alpha value is -1.08. The molecule has 0 spiro atoms. The highest BCUT2D eigenvalue weighted by molar-refractivity contribution is 7.98. The van der Waals surface area contributed by atoms with Crippen LogP contribution in [0.2, 0.25) is 9.36 Å². The molecule has 102 valence electrons. The Balaban J connectivity index is 1.82. The zero-order chi connectivity index (χ0) is 13.9. The van der Waals surface area contributed by atoms with Crippen molar-refractivity contribution in [3.8, 4) is 5.69 Å². The maximum atomic E-state index is 6.02. The summed E-state index contributed by atoms with van der Waals surface area (Å²) < 4.78 is 6.42. The SMILES string of the molecule is Clc1cccc(-n2ccnc2SCc2nnsc2Cl)c1. The van der Waals surface area contributed by atoms with E-state index in [0.29, 0.717) is 15.1 Å². The number of hydrogen-bond donors (Lipinski definition) is 0. The maximum Gasteiger partial charge on any atom is 0.172 e. The molecule has 2 heterocycles. The first-order valence-electron chi connectivity index (χ1n) is 5.63. The normalized spacial score (nSPS) is 10.9. The summed E-state index contributed by atoms with van der Waals surface area (Å²) in [6, 6.07) is 7.63. The second kappa shape index (κ2) is 6.13. The van der Waals surface area contributed by atoms with E-state index in [1.165, 1.54) is 11.5 Å². The largest absolute Gasteiger partial charge is 0.295 e. The van der Waals surface area contributed by atoms with Crippen LogP contribution in [-0.2, 0) is 5.75 Å². The van der Waals surface area contributed by atoms with Crippen LogP contribution in [0.1, 0.15) is 5.69 Å². The number of thioether (sulfide) groups is 1. The van der Waals surface area contributed by atoms with Gasteiger partial charge in [-0.15, -0.1) is 5.10 Å². The van der Waals surface area contributed by atoms with Crippen LogP contribution in [0, 0.1) is 0 Å². The highest BCUT2D eigenvalue weighted by atomic mass is 35.5. The standard InChI is InChI=1S/C12H8Cl2N4S2/c13-8-2-1-3-9(6-8)18-5-4-15-12(18)19-7-10-11(14)20-17-16-10/h1-6H,7H2. The number of imidazole rings is 1. The quantitative estimate of drug-likeness (QED) is 0.662. The van der Waals surface area contributed by atoms with Gasteiger partial charge in [0.15, 0.2) is 5.16 Å². The summed E-state index contributed by atoms with van der Waals surface area (Å²) in [6.07, 6.45) is 3.65. The number of aromatic nitrogens is 4. The zero-order valence-corrected chi connectivity index (χ0v) is 13.2. The molecular formula is C12H8Cl2N4S2. The molecule has 0 radical (unpaired) electrons. The number of hydrogen-bond acceptors (Lipinski definition) is 5. The van der Waals surface area contributed by atoms with Crippen LogP contribution in [0.15, 0.2) is 41.8 Å². The molecule has 1 aromatic carbocycles. The van der Waals surface area contributed by atoms with Crippen LogP contribution in [0.5, 0.6) is 0 Å². The third-order valence-corrected chi connectivity index (χ3v) is 4.74. The van der Waals surface area contributed by atoms with Crippen molar-refractivity contribution in [3.05, 3.63) is 51.7 Å². The molecule has 0 fully saturated rings. The smallest absolute Gasteiger partial charge is 0.172 e. The third kappa shape index (κ3) is 2.98. The van der Waals surface area contributed by atoms with Gasteiger partial charge in [0.2, 0.25) is 0 Å². The van der Waals surface area contributed by atoms with Gasteiger partial charge in [-0.05, 0) is 18.2 Å². The van der Waals surface area contributed by atoms with Crippen molar-refractivity contribution < 1.29 is 0 Å². The Kier molecular flexibility index (Phi) is 4.26. The van der Waals surface area contributed by atoms with Crippen LogP contribution >= 0.6 is 46.5 Å². The lowest BCUT2D eigenvalue weighted by molar-refractivity contribution is 0.894. The van der Waals surface area contributed by atoms with Gasteiger partial charge in [-0.2, -0.15) is 0 Å². The molecule has 4 nitrogen and oxygen atoms in total. The molecular weight excluding hydrogens is 335 g/mol. The molecule has 0 aliphatic rings. The van der Waals surface area contributed by atoms with Crippen molar-refractivity contribution in [2.45, 2.75) is 10.9 Å². The summed E-state index contributed by atoms with van der Waals surface area (Å²) in [5.41, 5.74) is 1.75. The minimum atomic E-state index is 0.623. The van der Waals surface area contributed by atoms with E-state index >= 15 is 0 Å². The molecule has 20 heavy (non-hydrogen) atoms. The van der Waals surface area contributed by atoms with Crippen molar-refractivity contribution in [1.29, 1.82) is 0 Å². The minimum Gasteiger partial charge on any atom is -0.295 e. The van der Waals surface area contributed by atoms with Crippen molar-refractivity contribution >= 4 is 46.5 Å². The summed E-state index contributed by atoms with van der Waals surface area (Å²) in [7, 11) is 0. The van der Waals surface area contributed by atoms with E-state index in [4.69, 9.17) is 23.2 Å². The molecule has 2 aromatic heterocycles. The van der Waals surface area contributed by atoms with E-state index in [1.807, 2.05) is 35.0 Å². The van der Waals surface area contributed by atoms with Gasteiger partial charge in [0.05, 0.1) is 0 Å². The molecule has 0 aliphatic heterocycles. The number of benzene rings is 1. The second-order valence-corrected chi connectivity index (χ2v) is 6.58. The van der Waals surface area contributed by atoms with Gasteiger partial charge in [0.25, 0.3) is 0 Å². The maximum absolute atomic E-state index is 6.02. The van der Waals surface area contributed by atoms with Gasteiger partial charge in [-0.25, -0.2) is 4.98 Å². The Bertz CT molecular complexity index is 726. The highest BCUT2D eigenvalue weighted by Gasteiger charge is 2.10. The van der Waals surface area contributed by atoms with Gasteiger partial charge >= 0.3 is 0 Å². The van der Waals surface area contributed by atoms with Crippen molar-refractivity contribution in [1.82, 2.24) is 19.1 Å². The average Bonchev–Trinajstić information content (AvgIpc) is 3.05. The Morgan fingerprint density at radius 1 is 1.30 bits per heavy atom.